The van der Waals surface area contributed by atoms with Gasteiger partial charge in [0.15, 0.2) is 0 Å². The summed E-state index contributed by atoms with van der Waals surface area (Å²) in [5, 5.41) is 9.63. The average molecular weight is 589 g/mol. The molecule has 0 radical (unpaired) electrons. The van der Waals surface area contributed by atoms with Crippen molar-refractivity contribution in [1.29, 1.82) is 0 Å². The summed E-state index contributed by atoms with van der Waals surface area (Å²) in [6.45, 7) is 8.22. The minimum atomic E-state index is -5.78. The highest BCUT2D eigenvalue weighted by Crippen LogP contribution is 2.37. The first-order valence-corrected chi connectivity index (χ1v) is 15.0. The number of benzene rings is 3. The van der Waals surface area contributed by atoms with E-state index in [1.807, 2.05) is 42.5 Å². The number of hydrogen-bond donors (Lipinski definition) is 1. The molecule has 1 N–H and O–H groups in total. The summed E-state index contributed by atoms with van der Waals surface area (Å²) < 4.78 is 65.8. The highest BCUT2D eigenvalue weighted by Gasteiger charge is 2.48. The van der Waals surface area contributed by atoms with Gasteiger partial charge in [-0.05, 0) is 78.8 Å². The number of rotatable bonds is 10. The van der Waals surface area contributed by atoms with Gasteiger partial charge in [0, 0.05) is 44.5 Å². The van der Waals surface area contributed by atoms with E-state index in [2.05, 4.69) is 40.0 Å². The molecule has 3 aromatic rings. The van der Waals surface area contributed by atoms with Crippen LogP contribution in [0, 0.1) is 0 Å². The molecule has 1 fully saturated rings. The van der Waals surface area contributed by atoms with E-state index in [1.165, 1.54) is 12.1 Å². The van der Waals surface area contributed by atoms with Crippen molar-refractivity contribution in [1.82, 2.24) is 4.90 Å². The molecule has 0 unspecified atom stereocenters. The summed E-state index contributed by atoms with van der Waals surface area (Å²) >= 11 is 0. The third kappa shape index (κ3) is 7.49. The second kappa shape index (κ2) is 13.1. The number of anilines is 1. The smallest absolute Gasteiger partial charge is 0.396 e. The van der Waals surface area contributed by atoms with Gasteiger partial charge in [0.1, 0.15) is 5.75 Å². The summed E-state index contributed by atoms with van der Waals surface area (Å²) in [6.07, 6.45) is 1.06. The van der Waals surface area contributed by atoms with Crippen molar-refractivity contribution in [2.45, 2.75) is 38.2 Å². The Morgan fingerprint density at radius 1 is 0.854 bits per heavy atom. The molecule has 41 heavy (non-hydrogen) atoms. The average Bonchev–Trinajstić information content (AvgIpc) is 2.96. The molecule has 1 saturated heterocycles. The summed E-state index contributed by atoms with van der Waals surface area (Å²) in [7, 11) is -5.78. The number of aliphatic hydroxyl groups is 1. The van der Waals surface area contributed by atoms with Crippen LogP contribution in [0.5, 0.6) is 5.75 Å². The van der Waals surface area contributed by atoms with Gasteiger partial charge in [0.05, 0.1) is 0 Å². The lowest BCUT2D eigenvalue weighted by Crippen LogP contribution is -2.48. The van der Waals surface area contributed by atoms with E-state index in [0.29, 0.717) is 24.4 Å². The zero-order valence-electron chi connectivity index (χ0n) is 23.1. The molecule has 1 heterocycles. The molecule has 3 aromatic carbocycles. The molecule has 4 rings (SSSR count). The molecule has 0 bridgehead atoms. The Kier molecular flexibility index (Phi) is 9.78. The molecular formula is C31H35F3N2O4S. The zero-order chi connectivity index (χ0) is 29.6. The number of hydrogen-bond acceptors (Lipinski definition) is 6. The monoisotopic (exact) mass is 588 g/mol. The van der Waals surface area contributed by atoms with Gasteiger partial charge in [-0.3, -0.25) is 4.90 Å². The van der Waals surface area contributed by atoms with E-state index < -0.39 is 21.4 Å². The minimum absolute atomic E-state index is 0.00696. The van der Waals surface area contributed by atoms with Gasteiger partial charge in [-0.25, -0.2) is 0 Å². The van der Waals surface area contributed by atoms with E-state index in [4.69, 9.17) is 0 Å². The van der Waals surface area contributed by atoms with Gasteiger partial charge in [-0.2, -0.15) is 21.6 Å². The normalized spacial score (nSPS) is 15.6. The molecule has 6 nitrogen and oxygen atoms in total. The van der Waals surface area contributed by atoms with Crippen molar-refractivity contribution in [2.75, 3.05) is 37.7 Å². The fourth-order valence-electron chi connectivity index (χ4n) is 5.01. The van der Waals surface area contributed by atoms with Crippen LogP contribution < -0.4 is 9.08 Å². The van der Waals surface area contributed by atoms with Gasteiger partial charge in [-0.15, -0.1) is 0 Å². The summed E-state index contributed by atoms with van der Waals surface area (Å²) in [6, 6.07) is 24.0. The Hall–Kier alpha value is -3.34. The highest BCUT2D eigenvalue weighted by atomic mass is 32.2. The van der Waals surface area contributed by atoms with Crippen LogP contribution in [0.15, 0.2) is 78.9 Å². The molecular weight excluding hydrogens is 553 g/mol. The molecule has 220 valence electrons. The summed E-state index contributed by atoms with van der Waals surface area (Å²) in [5.74, 6) is -0.432. The predicted octanol–water partition coefficient (Wildman–Crippen LogP) is 6.18. The fraction of sp³-hybridized carbons (Fsp3) is 0.355. The van der Waals surface area contributed by atoms with Crippen LogP contribution in [0.4, 0.5) is 18.9 Å². The standard InChI is InChI=1S/C31H35F3N2O4S/c1-23(2)35-18-20-36(21-19-35)27-14-10-25(11-15-27)30(29(9-6-22-37)24-7-4-3-5-8-24)26-12-16-28(17-13-26)40-41(38,39)31(32,33)34/h3-5,7-8,10-17,23,37H,6,9,18-22H2,1-2H3. The molecule has 0 amide bonds. The first-order valence-electron chi connectivity index (χ1n) is 13.6. The lowest BCUT2D eigenvalue weighted by Gasteiger charge is -2.38. The van der Waals surface area contributed by atoms with Crippen LogP contribution >= 0.6 is 0 Å². The second-order valence-corrected chi connectivity index (χ2v) is 11.8. The number of piperazine rings is 1. The Morgan fingerprint density at radius 3 is 1.93 bits per heavy atom. The first kappa shape index (κ1) is 30.6. The van der Waals surface area contributed by atoms with E-state index in [-0.39, 0.29) is 6.61 Å². The lowest BCUT2D eigenvalue weighted by atomic mass is 9.87. The maximum Gasteiger partial charge on any atom is 0.534 e. The van der Waals surface area contributed by atoms with Gasteiger partial charge >= 0.3 is 15.6 Å². The Balaban J connectivity index is 1.73. The number of nitrogens with zero attached hydrogens (tertiary/aromatic N) is 2. The highest BCUT2D eigenvalue weighted by molar-refractivity contribution is 7.88. The van der Waals surface area contributed by atoms with Gasteiger partial charge in [-0.1, -0.05) is 54.6 Å². The van der Waals surface area contributed by atoms with E-state index in [9.17, 15) is 26.7 Å². The summed E-state index contributed by atoms with van der Waals surface area (Å²) in [5.41, 5.74) is -0.107. The van der Waals surface area contributed by atoms with Crippen molar-refractivity contribution >= 4 is 27.0 Å². The third-order valence-electron chi connectivity index (χ3n) is 7.21. The van der Waals surface area contributed by atoms with Crippen LogP contribution in [0.3, 0.4) is 0 Å². The quantitative estimate of drug-likeness (QED) is 0.173. The maximum atomic E-state index is 12.8. The molecule has 10 heteroatoms. The van der Waals surface area contributed by atoms with Crippen LogP contribution in [0.1, 0.15) is 43.4 Å². The lowest BCUT2D eigenvalue weighted by molar-refractivity contribution is -0.0500. The molecule has 1 aliphatic rings. The van der Waals surface area contributed by atoms with E-state index in [0.717, 1.165) is 54.1 Å². The third-order valence-corrected chi connectivity index (χ3v) is 8.19. The van der Waals surface area contributed by atoms with Crippen molar-refractivity contribution in [3.63, 3.8) is 0 Å². The van der Waals surface area contributed by atoms with Crippen molar-refractivity contribution in [3.05, 3.63) is 95.6 Å². The van der Waals surface area contributed by atoms with E-state index in [1.54, 1.807) is 12.1 Å². The SMILES string of the molecule is CC(C)N1CCN(c2ccc(C(=C(CCCO)c3ccccc3)c3ccc(OS(=O)(=O)C(F)(F)F)cc3)cc2)CC1. The molecule has 0 atom stereocenters. The fourth-order valence-corrected chi connectivity index (χ4v) is 5.47. The van der Waals surface area contributed by atoms with Crippen LogP contribution in [0.2, 0.25) is 0 Å². The molecule has 0 aromatic heterocycles. The van der Waals surface area contributed by atoms with Gasteiger partial charge in [0.25, 0.3) is 0 Å². The van der Waals surface area contributed by atoms with Crippen molar-refractivity contribution in [2.24, 2.45) is 0 Å². The Bertz CT molecular complexity index is 1410. The number of alkyl halides is 3. The molecule has 0 aliphatic carbocycles. The molecule has 0 saturated carbocycles. The van der Waals surface area contributed by atoms with Crippen molar-refractivity contribution in [3.8, 4) is 5.75 Å². The maximum absolute atomic E-state index is 12.8. The Labute approximate surface area is 239 Å². The van der Waals surface area contributed by atoms with E-state index >= 15 is 0 Å². The van der Waals surface area contributed by atoms with Gasteiger partial charge in [0.2, 0.25) is 0 Å². The first-order chi connectivity index (χ1) is 19.5. The minimum Gasteiger partial charge on any atom is -0.396 e. The molecule has 1 aliphatic heterocycles. The topological polar surface area (TPSA) is 70.1 Å². The van der Waals surface area contributed by atoms with Crippen LogP contribution in [-0.2, 0) is 10.1 Å². The van der Waals surface area contributed by atoms with Crippen LogP contribution in [0.25, 0.3) is 11.1 Å². The zero-order valence-corrected chi connectivity index (χ0v) is 24.0. The predicted molar refractivity (Wildman–Crippen MR) is 156 cm³/mol. The second-order valence-electron chi connectivity index (χ2n) is 10.2. The van der Waals surface area contributed by atoms with Crippen LogP contribution in [-0.4, -0.2) is 62.8 Å². The van der Waals surface area contributed by atoms with Gasteiger partial charge < -0.3 is 14.2 Å². The number of halogens is 3. The Morgan fingerprint density at radius 2 is 1.41 bits per heavy atom. The largest absolute Gasteiger partial charge is 0.534 e. The number of allylic oxidation sites excluding steroid dienone is 1. The summed E-state index contributed by atoms with van der Waals surface area (Å²) in [4.78, 5) is 4.80. The van der Waals surface area contributed by atoms with Crippen molar-refractivity contribution < 1.29 is 30.9 Å². The number of aliphatic hydroxyl groups excluding tert-OH is 1. The molecule has 0 spiro atoms.